The third-order valence-corrected chi connectivity index (χ3v) is 12.2. The van der Waals surface area contributed by atoms with Gasteiger partial charge in [0.2, 0.25) is 11.5 Å². The van der Waals surface area contributed by atoms with Gasteiger partial charge in [0, 0.05) is 30.1 Å². The number of unbranched alkanes of at least 4 members (excludes halogenated alkanes) is 6. The number of aromatic amines is 1. The first-order valence-corrected chi connectivity index (χ1v) is 21.7. The van der Waals surface area contributed by atoms with Gasteiger partial charge in [-0.2, -0.15) is 0 Å². The number of aromatic nitrogens is 1. The Hall–Kier alpha value is -5.83. The summed E-state index contributed by atoms with van der Waals surface area (Å²) < 4.78 is 6.13. The number of H-pyrrole nitrogens is 1. The van der Waals surface area contributed by atoms with Gasteiger partial charge in [-0.25, -0.2) is 0 Å². The summed E-state index contributed by atoms with van der Waals surface area (Å²) in [5.74, 6) is 0.404. The number of pyridine rings is 1. The first-order chi connectivity index (χ1) is 29.4. The summed E-state index contributed by atoms with van der Waals surface area (Å²) in [5.41, 5.74) is 10.5. The normalized spacial score (nSPS) is 14.4. The fourth-order valence-corrected chi connectivity index (χ4v) is 9.14. The van der Waals surface area contributed by atoms with Crippen molar-refractivity contribution in [3.8, 4) is 5.75 Å². The molecule has 8 nitrogen and oxygen atoms in total. The van der Waals surface area contributed by atoms with Crippen molar-refractivity contribution in [2.75, 3.05) is 32.7 Å². The molecule has 2 heterocycles. The molecule has 1 amide bonds. The summed E-state index contributed by atoms with van der Waals surface area (Å²) in [5, 5.41) is 0.688. The van der Waals surface area contributed by atoms with Gasteiger partial charge in [-0.15, -0.1) is 0 Å². The smallest absolute Gasteiger partial charge is 0.248 e. The van der Waals surface area contributed by atoms with Gasteiger partial charge in [-0.3, -0.25) is 19.3 Å². The lowest BCUT2D eigenvalue weighted by Crippen LogP contribution is -2.49. The molecule has 1 aromatic heterocycles. The van der Waals surface area contributed by atoms with Gasteiger partial charge in [-0.05, 0) is 85.3 Å². The first-order valence-electron chi connectivity index (χ1n) is 21.7. The zero-order chi connectivity index (χ0) is 41.6. The monoisotopic (exact) mass is 802 g/mol. The number of nitrogens with zero attached hydrogens (tertiary/aromatic N) is 2. The molecule has 0 radical (unpaired) electrons. The number of nitrogens with two attached hydrogens (primary N) is 1. The van der Waals surface area contributed by atoms with Crippen molar-refractivity contribution in [1.82, 2.24) is 14.8 Å². The molecular formula is C52H58N4O4. The molecular weight excluding hydrogens is 745 g/mol. The quantitative estimate of drug-likeness (QED) is 0.0524. The van der Waals surface area contributed by atoms with Crippen LogP contribution in [0, 0.1) is 5.92 Å². The molecule has 1 aliphatic rings. The molecule has 0 spiro atoms. The number of rotatable bonds is 22. The topological polar surface area (TPSA) is 109 Å². The van der Waals surface area contributed by atoms with Crippen LogP contribution in [-0.4, -0.2) is 59.2 Å². The molecule has 1 saturated heterocycles. The van der Waals surface area contributed by atoms with Crippen LogP contribution in [0.25, 0.3) is 10.9 Å². The fraction of sp³-hybridized carbons (Fsp3) is 0.327. The Labute approximate surface area is 354 Å². The van der Waals surface area contributed by atoms with Crippen LogP contribution in [-0.2, 0) is 23.4 Å². The summed E-state index contributed by atoms with van der Waals surface area (Å²) in [6, 6.07) is 47.2. The second-order valence-corrected chi connectivity index (χ2v) is 16.3. The second-order valence-electron chi connectivity index (χ2n) is 16.3. The Morgan fingerprint density at radius 3 is 1.92 bits per heavy atom. The van der Waals surface area contributed by atoms with E-state index in [-0.39, 0.29) is 29.7 Å². The summed E-state index contributed by atoms with van der Waals surface area (Å²) in [6.07, 6.45) is 8.94. The summed E-state index contributed by atoms with van der Waals surface area (Å²) in [6.45, 7) is 5.02. The van der Waals surface area contributed by atoms with Crippen molar-refractivity contribution in [3.63, 3.8) is 0 Å². The molecule has 0 bridgehead atoms. The maximum Gasteiger partial charge on any atom is 0.248 e. The maximum atomic E-state index is 14.0. The van der Waals surface area contributed by atoms with Crippen LogP contribution in [0.3, 0.4) is 0 Å². The number of Topliss-reactive ketones (excluding diaryl/α,β-unsaturated/α-hetero) is 1. The minimum absolute atomic E-state index is 0.0161. The predicted octanol–water partition coefficient (Wildman–Crippen LogP) is 9.32. The van der Waals surface area contributed by atoms with Crippen LogP contribution < -0.4 is 16.0 Å². The van der Waals surface area contributed by atoms with Gasteiger partial charge >= 0.3 is 0 Å². The number of ether oxygens (including phenoxy) is 1. The summed E-state index contributed by atoms with van der Waals surface area (Å²) in [7, 11) is 0. The average Bonchev–Trinajstić information content (AvgIpc) is 3.75. The fourth-order valence-electron chi connectivity index (χ4n) is 9.14. The third-order valence-electron chi connectivity index (χ3n) is 12.2. The molecule has 1 fully saturated rings. The number of benzene rings is 5. The number of likely N-dealkylation sites (tertiary alicyclic amines) is 1. The van der Waals surface area contributed by atoms with E-state index in [0.717, 1.165) is 75.0 Å². The molecule has 8 heteroatoms. The number of amides is 1. The largest absolute Gasteiger partial charge is 0.487 e. The molecule has 7 rings (SSSR count). The van der Waals surface area contributed by atoms with Crippen molar-refractivity contribution >= 4 is 22.6 Å². The lowest BCUT2D eigenvalue weighted by Gasteiger charge is -2.37. The average molecular weight is 803 g/mol. The zero-order valence-electron chi connectivity index (χ0n) is 34.6. The first kappa shape index (κ1) is 42.3. The van der Waals surface area contributed by atoms with E-state index in [1.54, 1.807) is 12.1 Å². The Bertz CT molecular complexity index is 2290. The van der Waals surface area contributed by atoms with Crippen molar-refractivity contribution in [2.45, 2.75) is 69.9 Å². The molecule has 0 saturated carbocycles. The van der Waals surface area contributed by atoms with E-state index in [9.17, 15) is 14.4 Å². The zero-order valence-corrected chi connectivity index (χ0v) is 34.6. The molecule has 6 aromatic rings. The second kappa shape index (κ2) is 20.9. The molecule has 60 heavy (non-hydrogen) atoms. The maximum absolute atomic E-state index is 14.0. The van der Waals surface area contributed by atoms with Gasteiger partial charge in [0.25, 0.3) is 0 Å². The Morgan fingerprint density at radius 1 is 0.700 bits per heavy atom. The Kier molecular flexibility index (Phi) is 14.7. The number of ketones is 1. The standard InChI is InChI=1S/C52H58N4O4/c53-51(59)52(42-24-14-8-15-25-42,43-26-16-9-17-27-43)44-32-35-55(37-44)33-18-4-2-1-3-5-19-34-56(36-40-20-10-6-11-21-40)38-47(57)45-28-30-48(50-46(45)29-31-49(58)54-50)60-39-41-22-12-7-13-23-41/h6-17,20-31,44H,1-5,18-19,32-39H2,(H2,53,59)(H,54,58)/t44-/m1/s1. The van der Waals surface area contributed by atoms with Crippen LogP contribution >= 0.6 is 0 Å². The highest BCUT2D eigenvalue weighted by Gasteiger charge is 2.49. The van der Waals surface area contributed by atoms with E-state index in [1.165, 1.54) is 30.9 Å². The van der Waals surface area contributed by atoms with Crippen LogP contribution in [0.5, 0.6) is 5.75 Å². The predicted molar refractivity (Wildman–Crippen MR) is 241 cm³/mol. The van der Waals surface area contributed by atoms with E-state index in [0.29, 0.717) is 35.4 Å². The number of fused-ring (bicyclic) bond motifs is 1. The molecule has 1 aliphatic heterocycles. The van der Waals surface area contributed by atoms with Crippen molar-refractivity contribution < 1.29 is 14.3 Å². The van der Waals surface area contributed by atoms with Gasteiger partial charge in [-0.1, -0.05) is 153 Å². The minimum Gasteiger partial charge on any atom is -0.487 e. The number of carbonyl (C=O) groups excluding carboxylic acids is 2. The SMILES string of the molecule is NC(=O)C(c1ccccc1)(c1ccccc1)[C@@H]1CCN(CCCCCCCCCN(CC(=O)c2ccc(OCc3ccccc3)c3[nH]c(=O)ccc23)Cc2ccccc2)C1. The van der Waals surface area contributed by atoms with E-state index in [2.05, 4.69) is 51.2 Å². The number of primary amides is 1. The number of nitrogens with one attached hydrogen (secondary N) is 1. The third kappa shape index (κ3) is 10.5. The number of hydrogen-bond acceptors (Lipinski definition) is 6. The van der Waals surface area contributed by atoms with Crippen LogP contribution in [0.1, 0.15) is 84.0 Å². The van der Waals surface area contributed by atoms with E-state index >= 15 is 0 Å². The molecule has 1 atom stereocenters. The van der Waals surface area contributed by atoms with Gasteiger partial charge < -0.3 is 20.4 Å². The lowest BCUT2D eigenvalue weighted by atomic mass is 9.64. The lowest BCUT2D eigenvalue weighted by molar-refractivity contribution is -0.123. The van der Waals surface area contributed by atoms with Gasteiger partial charge in [0.05, 0.1) is 12.1 Å². The Balaban J connectivity index is 0.881. The minimum atomic E-state index is -0.846. The van der Waals surface area contributed by atoms with E-state index in [4.69, 9.17) is 10.5 Å². The highest BCUT2D eigenvalue weighted by Crippen LogP contribution is 2.43. The summed E-state index contributed by atoms with van der Waals surface area (Å²) in [4.78, 5) is 47.5. The van der Waals surface area contributed by atoms with Crippen LogP contribution in [0.15, 0.2) is 150 Å². The van der Waals surface area contributed by atoms with E-state index in [1.807, 2.05) is 91.0 Å². The molecule has 0 unspecified atom stereocenters. The van der Waals surface area contributed by atoms with Gasteiger partial charge in [0.1, 0.15) is 17.8 Å². The molecule has 0 aliphatic carbocycles. The number of hydrogen-bond donors (Lipinski definition) is 2. The summed E-state index contributed by atoms with van der Waals surface area (Å²) >= 11 is 0. The van der Waals surface area contributed by atoms with E-state index < -0.39 is 5.41 Å². The Morgan fingerprint density at radius 2 is 1.28 bits per heavy atom. The van der Waals surface area contributed by atoms with Crippen molar-refractivity contribution in [2.24, 2.45) is 11.7 Å². The van der Waals surface area contributed by atoms with Crippen molar-refractivity contribution in [1.29, 1.82) is 0 Å². The highest BCUT2D eigenvalue weighted by atomic mass is 16.5. The highest BCUT2D eigenvalue weighted by molar-refractivity contribution is 6.09. The molecule has 3 N–H and O–H groups in total. The molecule has 5 aromatic carbocycles. The van der Waals surface area contributed by atoms with Crippen molar-refractivity contribution in [3.05, 3.63) is 184 Å². The van der Waals surface area contributed by atoms with Crippen LogP contribution in [0.2, 0.25) is 0 Å². The van der Waals surface area contributed by atoms with Crippen LogP contribution in [0.4, 0.5) is 0 Å². The molecule has 310 valence electrons. The van der Waals surface area contributed by atoms with Gasteiger partial charge in [0.15, 0.2) is 5.78 Å². The number of carbonyl (C=O) groups is 2.